The average molecular weight is 502 g/mol. The fraction of sp³-hybridized carbons (Fsp3) is 0.393. The minimum Gasteiger partial charge on any atom is -0.493 e. The van der Waals surface area contributed by atoms with Crippen LogP contribution in [-0.2, 0) is 25.6 Å². The molecule has 2 aromatic carbocycles. The van der Waals surface area contributed by atoms with E-state index in [2.05, 4.69) is 11.9 Å². The normalized spacial score (nSPS) is 18.1. The highest BCUT2D eigenvalue weighted by Crippen LogP contribution is 2.41. The summed E-state index contributed by atoms with van der Waals surface area (Å²) >= 11 is 0. The molecule has 190 valence electrons. The van der Waals surface area contributed by atoms with Crippen molar-refractivity contribution in [3.8, 4) is 22.8 Å². The number of nitrogens with zero attached hydrogens (tertiary/aromatic N) is 1. The number of alkyl halides is 3. The average Bonchev–Trinajstić information content (AvgIpc) is 3.44. The maximum absolute atomic E-state index is 14.5. The van der Waals surface area contributed by atoms with Gasteiger partial charge in [0, 0.05) is 24.2 Å². The topological polar surface area (TPSA) is 51.6 Å². The van der Waals surface area contributed by atoms with Crippen LogP contribution in [0, 0.1) is 11.7 Å². The Balaban J connectivity index is 1.35. The smallest absolute Gasteiger partial charge is 0.417 e. The van der Waals surface area contributed by atoms with Gasteiger partial charge in [0.1, 0.15) is 18.2 Å². The van der Waals surface area contributed by atoms with Gasteiger partial charge in [0.15, 0.2) is 0 Å². The highest BCUT2D eigenvalue weighted by atomic mass is 19.4. The molecular weight excluding hydrogens is 474 g/mol. The third-order valence-electron chi connectivity index (χ3n) is 6.89. The first-order chi connectivity index (χ1) is 17.1. The zero-order valence-electron chi connectivity index (χ0n) is 19.9. The van der Waals surface area contributed by atoms with Gasteiger partial charge in [-0.05, 0) is 78.1 Å². The van der Waals surface area contributed by atoms with Crippen LogP contribution in [0.25, 0.3) is 11.1 Å². The number of aliphatic hydroxyl groups is 1. The van der Waals surface area contributed by atoms with Gasteiger partial charge in [-0.15, -0.1) is 0 Å². The van der Waals surface area contributed by atoms with Gasteiger partial charge in [-0.3, -0.25) is 0 Å². The Morgan fingerprint density at radius 2 is 1.81 bits per heavy atom. The molecule has 2 aliphatic carbocycles. The number of halogens is 4. The van der Waals surface area contributed by atoms with Crippen LogP contribution in [0.3, 0.4) is 0 Å². The predicted octanol–water partition coefficient (Wildman–Crippen LogP) is 6.51. The molecule has 0 bridgehead atoms. The highest BCUT2D eigenvalue weighted by molar-refractivity contribution is 5.70. The van der Waals surface area contributed by atoms with Gasteiger partial charge in [0.2, 0.25) is 5.88 Å². The maximum Gasteiger partial charge on any atom is 0.417 e. The molecule has 1 atom stereocenters. The minimum absolute atomic E-state index is 0.0676. The van der Waals surface area contributed by atoms with E-state index in [1.165, 1.54) is 29.8 Å². The Morgan fingerprint density at radius 1 is 1.03 bits per heavy atom. The summed E-state index contributed by atoms with van der Waals surface area (Å²) in [6.45, 7) is 2.13. The maximum atomic E-state index is 14.5. The molecule has 0 saturated heterocycles. The van der Waals surface area contributed by atoms with Crippen LogP contribution in [0.4, 0.5) is 17.6 Å². The molecule has 8 heteroatoms. The monoisotopic (exact) mass is 501 g/mol. The number of rotatable bonds is 8. The lowest BCUT2D eigenvalue weighted by Crippen LogP contribution is -2.13. The number of fused-ring (bicyclic) bond motifs is 1. The summed E-state index contributed by atoms with van der Waals surface area (Å²) in [5.74, 6) is 0.398. The van der Waals surface area contributed by atoms with Crippen molar-refractivity contribution in [1.29, 1.82) is 0 Å². The summed E-state index contributed by atoms with van der Waals surface area (Å²) in [6.07, 6.45) is 0.759. The molecule has 4 nitrogen and oxygen atoms in total. The third-order valence-corrected chi connectivity index (χ3v) is 6.89. The van der Waals surface area contributed by atoms with Crippen LogP contribution in [0.15, 0.2) is 48.7 Å². The molecule has 1 heterocycles. The highest BCUT2D eigenvalue weighted by Gasteiger charge is 2.40. The van der Waals surface area contributed by atoms with E-state index >= 15 is 0 Å². The molecule has 1 N–H and O–H groups in total. The number of pyridine rings is 1. The number of benzene rings is 2. The molecule has 0 unspecified atom stereocenters. The van der Waals surface area contributed by atoms with Crippen LogP contribution in [0.5, 0.6) is 11.6 Å². The van der Waals surface area contributed by atoms with Gasteiger partial charge < -0.3 is 14.6 Å². The number of ether oxygens (including phenoxy) is 2. The van der Waals surface area contributed by atoms with Crippen molar-refractivity contribution >= 4 is 0 Å². The molecule has 0 radical (unpaired) electrons. The number of hydrogen-bond acceptors (Lipinski definition) is 4. The van der Waals surface area contributed by atoms with E-state index in [0.717, 1.165) is 30.5 Å². The second kappa shape index (κ2) is 9.39. The van der Waals surface area contributed by atoms with Crippen molar-refractivity contribution in [2.75, 3.05) is 6.61 Å². The molecule has 2 aliphatic rings. The Kier molecular flexibility index (Phi) is 6.41. The molecule has 1 aromatic heterocycles. The predicted molar refractivity (Wildman–Crippen MR) is 126 cm³/mol. The van der Waals surface area contributed by atoms with E-state index in [4.69, 9.17) is 9.47 Å². The third kappa shape index (κ3) is 5.48. The van der Waals surface area contributed by atoms with Crippen LogP contribution in [0.2, 0.25) is 0 Å². The Bertz CT molecular complexity index is 1270. The second-order valence-corrected chi connectivity index (χ2v) is 9.93. The molecule has 1 saturated carbocycles. The minimum atomic E-state index is -4.64. The van der Waals surface area contributed by atoms with Crippen LogP contribution >= 0.6 is 0 Å². The Morgan fingerprint density at radius 3 is 2.56 bits per heavy atom. The summed E-state index contributed by atoms with van der Waals surface area (Å²) in [6, 6.07) is 9.42. The lowest BCUT2D eigenvalue weighted by Gasteiger charge is -2.17. The first kappa shape index (κ1) is 24.6. The van der Waals surface area contributed by atoms with E-state index < -0.39 is 23.2 Å². The van der Waals surface area contributed by atoms with Crippen molar-refractivity contribution in [2.24, 2.45) is 5.92 Å². The van der Waals surface area contributed by atoms with Gasteiger partial charge in [0.25, 0.3) is 0 Å². The van der Waals surface area contributed by atoms with Crippen LogP contribution in [-0.4, -0.2) is 22.3 Å². The zero-order chi connectivity index (χ0) is 25.5. The van der Waals surface area contributed by atoms with Crippen molar-refractivity contribution in [3.63, 3.8) is 0 Å². The second-order valence-electron chi connectivity index (χ2n) is 9.93. The quantitative estimate of drug-likeness (QED) is 0.358. The van der Waals surface area contributed by atoms with Crippen molar-refractivity contribution in [2.45, 2.75) is 57.4 Å². The standard InChI is InChI=1S/C28H27F4NO3/c1-17-10-19-13-26(33-15-20(19)11-17)36-16-21-12-18(2-5-25(21)29)23-4-3-22(14-24(23)28(30,31)32)35-9-8-27(34)6-7-27/h2-5,12-15,17,34H,6-11,16H2,1H3/t17-/m0/s1. The van der Waals surface area contributed by atoms with Crippen molar-refractivity contribution in [1.82, 2.24) is 4.98 Å². The number of hydrogen-bond donors (Lipinski definition) is 1. The molecule has 0 aliphatic heterocycles. The molecule has 0 spiro atoms. The van der Waals surface area contributed by atoms with Gasteiger partial charge in [-0.25, -0.2) is 9.37 Å². The van der Waals surface area contributed by atoms with Crippen molar-refractivity contribution < 1.29 is 32.1 Å². The van der Waals surface area contributed by atoms with E-state index in [1.54, 1.807) is 6.20 Å². The fourth-order valence-corrected chi connectivity index (χ4v) is 4.64. The van der Waals surface area contributed by atoms with E-state index in [0.29, 0.717) is 31.1 Å². The van der Waals surface area contributed by atoms with Gasteiger partial charge in [-0.1, -0.05) is 19.1 Å². The van der Waals surface area contributed by atoms with Crippen LogP contribution in [0.1, 0.15) is 48.4 Å². The van der Waals surface area contributed by atoms with Gasteiger partial charge in [-0.2, -0.15) is 13.2 Å². The summed E-state index contributed by atoms with van der Waals surface area (Å²) < 4.78 is 67.5. The molecule has 5 rings (SSSR count). The lowest BCUT2D eigenvalue weighted by atomic mass is 9.97. The molecule has 36 heavy (non-hydrogen) atoms. The number of aromatic nitrogens is 1. The van der Waals surface area contributed by atoms with E-state index in [1.807, 2.05) is 6.07 Å². The molecule has 1 fully saturated rings. The molecule has 0 amide bonds. The van der Waals surface area contributed by atoms with Gasteiger partial charge >= 0.3 is 6.18 Å². The van der Waals surface area contributed by atoms with E-state index in [-0.39, 0.29) is 35.7 Å². The largest absolute Gasteiger partial charge is 0.493 e. The zero-order valence-corrected chi connectivity index (χ0v) is 19.9. The summed E-state index contributed by atoms with van der Waals surface area (Å²) in [5, 5.41) is 9.89. The summed E-state index contributed by atoms with van der Waals surface area (Å²) in [7, 11) is 0. The van der Waals surface area contributed by atoms with Crippen molar-refractivity contribution in [3.05, 3.63) is 76.7 Å². The first-order valence-electron chi connectivity index (χ1n) is 12.1. The summed E-state index contributed by atoms with van der Waals surface area (Å²) in [5.41, 5.74) is 0.988. The molecular formula is C28H27F4NO3. The van der Waals surface area contributed by atoms with Crippen LogP contribution < -0.4 is 9.47 Å². The van der Waals surface area contributed by atoms with Gasteiger partial charge in [0.05, 0.1) is 17.8 Å². The first-order valence-corrected chi connectivity index (χ1v) is 12.1. The lowest BCUT2D eigenvalue weighted by molar-refractivity contribution is -0.137. The Hall–Kier alpha value is -3.13. The summed E-state index contributed by atoms with van der Waals surface area (Å²) in [4.78, 5) is 4.29. The molecule has 3 aromatic rings. The van der Waals surface area contributed by atoms with E-state index in [9.17, 15) is 22.7 Å². The Labute approximate surface area is 206 Å². The fourth-order valence-electron chi connectivity index (χ4n) is 4.64. The SMILES string of the molecule is C[C@@H]1Cc2cnc(OCc3cc(-c4ccc(OCCC5(O)CC5)cc4C(F)(F)F)ccc3F)cc2C1.